The van der Waals surface area contributed by atoms with Gasteiger partial charge in [-0.1, -0.05) is 55.2 Å². The highest BCUT2D eigenvalue weighted by atomic mass is 16.5. The number of aromatic nitrogens is 1. The lowest BCUT2D eigenvalue weighted by molar-refractivity contribution is -0.118. The lowest BCUT2D eigenvalue weighted by Gasteiger charge is -2.39. The van der Waals surface area contributed by atoms with E-state index in [0.717, 1.165) is 49.3 Å². The van der Waals surface area contributed by atoms with Gasteiger partial charge >= 0.3 is 0 Å². The number of aliphatic imine (C=N–C) groups is 1. The molecule has 0 bridgehead atoms. The number of hydrogen-bond acceptors (Lipinski definition) is 8. The van der Waals surface area contributed by atoms with Crippen molar-refractivity contribution in [3.05, 3.63) is 102 Å². The van der Waals surface area contributed by atoms with Crippen LogP contribution in [0.15, 0.2) is 95.8 Å². The number of likely N-dealkylation sites (tertiary alicyclic amines) is 1. The molecule has 2 fully saturated rings. The lowest BCUT2D eigenvalue weighted by atomic mass is 9.91. The fourth-order valence-corrected chi connectivity index (χ4v) is 4.84. The van der Waals surface area contributed by atoms with Gasteiger partial charge in [-0.2, -0.15) is 4.99 Å². The van der Waals surface area contributed by atoms with Crippen LogP contribution in [0, 0.1) is 17.2 Å². The average Bonchev–Trinajstić information content (AvgIpc) is 3.84. The Kier molecular flexibility index (Phi) is 10.5. The quantitative estimate of drug-likeness (QED) is 0.120. The van der Waals surface area contributed by atoms with Crippen LogP contribution in [0.2, 0.25) is 0 Å². The average molecular weight is 595 g/mol. The number of carbonyl (C=O) groups is 1. The van der Waals surface area contributed by atoms with Crippen LogP contribution in [0.3, 0.4) is 0 Å². The first-order valence-corrected chi connectivity index (χ1v) is 14.6. The summed E-state index contributed by atoms with van der Waals surface area (Å²) >= 11 is 0. The van der Waals surface area contributed by atoms with Gasteiger partial charge in [-0.05, 0) is 43.5 Å². The molecule has 1 saturated heterocycles. The number of hydrogen-bond donors (Lipinski definition) is 5. The maximum atomic E-state index is 12.2. The van der Waals surface area contributed by atoms with Crippen molar-refractivity contribution in [2.45, 2.75) is 26.3 Å². The molecule has 0 atom stereocenters. The van der Waals surface area contributed by atoms with Crippen LogP contribution in [0.4, 0.5) is 11.5 Å². The van der Waals surface area contributed by atoms with Crippen LogP contribution in [-0.2, 0) is 11.3 Å². The topological polar surface area (TPSA) is 155 Å². The van der Waals surface area contributed by atoms with Gasteiger partial charge in [0.15, 0.2) is 0 Å². The third-order valence-electron chi connectivity index (χ3n) is 7.69. The summed E-state index contributed by atoms with van der Waals surface area (Å²) in [5.74, 6) is 1.27. The summed E-state index contributed by atoms with van der Waals surface area (Å²) in [5.41, 5.74) is 17.2. The highest BCUT2D eigenvalue weighted by Crippen LogP contribution is 2.36. The van der Waals surface area contributed by atoms with E-state index in [-0.39, 0.29) is 23.4 Å². The number of amidine groups is 1. The van der Waals surface area contributed by atoms with Crippen LogP contribution in [-0.4, -0.2) is 54.6 Å². The Bertz CT molecular complexity index is 1560. The third-order valence-corrected chi connectivity index (χ3v) is 7.69. The molecular weight excluding hydrogens is 552 g/mol. The van der Waals surface area contributed by atoms with E-state index in [2.05, 4.69) is 51.7 Å². The predicted octanol–water partition coefficient (Wildman–Crippen LogP) is 4.66. The largest absolute Gasteiger partial charge is 0.494 e. The zero-order valence-electron chi connectivity index (χ0n) is 25.7. The highest BCUT2D eigenvalue weighted by Gasteiger charge is 2.30. The van der Waals surface area contributed by atoms with Crippen molar-refractivity contribution in [3.63, 3.8) is 0 Å². The zero-order chi connectivity index (χ0) is 31.8. The predicted molar refractivity (Wildman–Crippen MR) is 179 cm³/mol. The smallest absolute Gasteiger partial charge is 0.250 e. The fourth-order valence-electron chi connectivity index (χ4n) is 4.84. The third kappa shape index (κ3) is 8.11. The lowest BCUT2D eigenvalue weighted by Crippen LogP contribution is -2.46. The Hall–Kier alpha value is -4.96. The van der Waals surface area contributed by atoms with Crippen molar-refractivity contribution in [2.24, 2.45) is 22.6 Å². The van der Waals surface area contributed by atoms with Crippen molar-refractivity contribution in [3.8, 4) is 5.75 Å². The number of benzene rings is 1. The molecule has 1 aliphatic carbocycles. The molecule has 7 N–H and O–H groups in total. The number of para-hydroxylation sites is 1. The number of carbonyl (C=O) groups excluding carboxylic acids is 1. The Balaban J connectivity index is 1.53. The maximum absolute atomic E-state index is 12.2. The Morgan fingerprint density at radius 1 is 1.20 bits per heavy atom. The van der Waals surface area contributed by atoms with Gasteiger partial charge in [-0.15, -0.1) is 0 Å². The number of pyridine rings is 1. The summed E-state index contributed by atoms with van der Waals surface area (Å²) in [5, 5.41) is 14.8. The van der Waals surface area contributed by atoms with Crippen molar-refractivity contribution in [1.82, 2.24) is 15.2 Å². The first-order chi connectivity index (χ1) is 21.1. The SMILES string of the molecule is C=C/C(=C\C=C(/C)C1CN(Cc2cccc(N)n2)C1)c1cccc(N/C(=C/C(N)=NC(=O)C2CC2)C(=N)C(=C)NC)c1OC. The molecule has 1 amide bonds. The second kappa shape index (κ2) is 14.5. The molecule has 230 valence electrons. The first-order valence-electron chi connectivity index (χ1n) is 14.6. The molecule has 0 spiro atoms. The Labute approximate surface area is 259 Å². The Morgan fingerprint density at radius 2 is 1.93 bits per heavy atom. The van der Waals surface area contributed by atoms with Crippen LogP contribution in [0.1, 0.15) is 31.0 Å². The van der Waals surface area contributed by atoms with E-state index in [9.17, 15) is 4.79 Å². The van der Waals surface area contributed by atoms with Gasteiger partial charge in [0, 0.05) is 50.2 Å². The summed E-state index contributed by atoms with van der Waals surface area (Å²) < 4.78 is 5.86. The number of anilines is 2. The van der Waals surface area contributed by atoms with Crippen molar-refractivity contribution in [1.29, 1.82) is 5.41 Å². The van der Waals surface area contributed by atoms with E-state index in [1.54, 1.807) is 26.3 Å². The number of ether oxygens (including phenoxy) is 1. The van der Waals surface area contributed by atoms with E-state index < -0.39 is 0 Å². The molecule has 2 aliphatic rings. The molecule has 2 aromatic rings. The number of nitrogens with zero attached hydrogens (tertiary/aromatic N) is 3. The van der Waals surface area contributed by atoms with E-state index in [0.29, 0.717) is 34.6 Å². The summed E-state index contributed by atoms with van der Waals surface area (Å²) in [6.45, 7) is 12.8. The van der Waals surface area contributed by atoms with Crippen LogP contribution in [0.25, 0.3) is 5.57 Å². The number of nitrogens with two attached hydrogens (primary N) is 2. The van der Waals surface area contributed by atoms with Gasteiger partial charge in [-0.3, -0.25) is 15.1 Å². The molecular formula is C34H42N8O2. The fraction of sp³-hybridized carbons (Fsp3) is 0.294. The number of methoxy groups -OCH3 is 1. The van der Waals surface area contributed by atoms with Gasteiger partial charge in [0.2, 0.25) is 0 Å². The molecule has 44 heavy (non-hydrogen) atoms. The van der Waals surface area contributed by atoms with Crippen molar-refractivity contribution < 1.29 is 9.53 Å². The monoisotopic (exact) mass is 594 g/mol. The first kappa shape index (κ1) is 32.0. The van der Waals surface area contributed by atoms with Crippen LogP contribution >= 0.6 is 0 Å². The Morgan fingerprint density at radius 3 is 2.57 bits per heavy atom. The minimum Gasteiger partial charge on any atom is -0.494 e. The molecule has 1 aromatic carbocycles. The number of amides is 1. The minimum absolute atomic E-state index is 0.0131. The minimum atomic E-state index is -0.242. The van der Waals surface area contributed by atoms with Crippen molar-refractivity contribution in [2.75, 3.05) is 38.3 Å². The molecule has 10 heteroatoms. The second-order valence-electron chi connectivity index (χ2n) is 11.0. The molecule has 1 saturated carbocycles. The molecule has 4 rings (SSSR count). The molecule has 0 unspecified atom stereocenters. The van der Waals surface area contributed by atoms with Gasteiger partial charge in [0.1, 0.15) is 23.1 Å². The zero-order valence-corrected chi connectivity index (χ0v) is 25.7. The summed E-state index contributed by atoms with van der Waals surface area (Å²) in [6, 6.07) is 11.4. The van der Waals surface area contributed by atoms with E-state index >= 15 is 0 Å². The van der Waals surface area contributed by atoms with Crippen LogP contribution in [0.5, 0.6) is 5.75 Å². The highest BCUT2D eigenvalue weighted by molar-refractivity contribution is 6.15. The number of nitrogen functional groups attached to an aromatic ring is 1. The standard InChI is InChI=1S/C34H42N8O2/c1-6-23(14-13-21(2)25-18-42(19-25)20-26-9-7-12-30(35)39-26)27-10-8-11-28(33(27)44-5)40-29(32(37)22(3)38-4)17-31(36)41-34(43)24-15-16-24/h6-14,17,24-25,37-38,40H,1,3,15-16,18-20H2,2,4-5H3,(H2,35,39)(H2,36,41,43)/b21-13+,23-14+,29-17+,37-32?. The van der Waals surface area contributed by atoms with Crippen molar-refractivity contribution >= 4 is 34.5 Å². The van der Waals surface area contributed by atoms with Gasteiger partial charge in [0.05, 0.1) is 29.9 Å². The van der Waals surface area contributed by atoms with E-state index in [4.69, 9.17) is 21.6 Å². The molecule has 1 aliphatic heterocycles. The number of allylic oxidation sites excluding steroid dienone is 4. The number of rotatable bonds is 14. The second-order valence-corrected chi connectivity index (χ2v) is 11.0. The summed E-state index contributed by atoms with van der Waals surface area (Å²) in [6.07, 6.45) is 9.09. The molecule has 0 radical (unpaired) electrons. The van der Waals surface area contributed by atoms with Crippen LogP contribution < -0.4 is 26.8 Å². The normalized spacial score (nSPS) is 16.6. The van der Waals surface area contributed by atoms with E-state index in [1.807, 2.05) is 36.4 Å². The summed E-state index contributed by atoms with van der Waals surface area (Å²) in [4.78, 5) is 23.0. The summed E-state index contributed by atoms with van der Waals surface area (Å²) in [7, 11) is 3.27. The van der Waals surface area contributed by atoms with Gasteiger partial charge in [0.25, 0.3) is 5.91 Å². The van der Waals surface area contributed by atoms with Gasteiger partial charge in [-0.25, -0.2) is 4.98 Å². The number of nitrogens with one attached hydrogen (secondary N) is 3. The maximum Gasteiger partial charge on any atom is 0.250 e. The molecule has 1 aromatic heterocycles. The molecule has 2 heterocycles. The molecule has 10 nitrogen and oxygen atoms in total. The van der Waals surface area contributed by atoms with Gasteiger partial charge < -0.3 is 26.8 Å². The van der Waals surface area contributed by atoms with E-state index in [1.165, 1.54) is 11.6 Å².